The molecule has 0 bridgehead atoms. The molecular formula is C12H13N3O2S. The molecule has 18 heavy (non-hydrogen) atoms. The standard InChI is InChI=1S/C12H13N3O2S/c1-9-5-13-8-15(12(9)17)7-11(16)14-6-10-3-2-4-18-10/h2-5,8H,6-7H2,1H3,(H,14,16). The molecule has 1 N–H and O–H groups in total. The Morgan fingerprint density at radius 3 is 3.11 bits per heavy atom. The number of nitrogens with zero attached hydrogens (tertiary/aromatic N) is 2. The third-order valence-corrected chi connectivity index (χ3v) is 3.30. The summed E-state index contributed by atoms with van der Waals surface area (Å²) in [6, 6.07) is 3.88. The summed E-state index contributed by atoms with van der Waals surface area (Å²) < 4.78 is 1.30. The average molecular weight is 263 g/mol. The number of amides is 1. The number of hydrogen-bond acceptors (Lipinski definition) is 4. The fourth-order valence-electron chi connectivity index (χ4n) is 1.48. The Balaban J connectivity index is 1.95. The molecule has 0 saturated carbocycles. The van der Waals surface area contributed by atoms with Gasteiger partial charge in [0.1, 0.15) is 6.54 Å². The van der Waals surface area contributed by atoms with Gasteiger partial charge in [0.2, 0.25) is 5.91 Å². The largest absolute Gasteiger partial charge is 0.350 e. The number of carbonyl (C=O) groups is 1. The quantitative estimate of drug-likeness (QED) is 0.892. The molecule has 0 aromatic carbocycles. The van der Waals surface area contributed by atoms with Crippen LogP contribution in [-0.2, 0) is 17.9 Å². The number of aromatic nitrogens is 2. The van der Waals surface area contributed by atoms with Crippen LogP contribution in [0.1, 0.15) is 10.4 Å². The van der Waals surface area contributed by atoms with Crippen molar-refractivity contribution in [3.05, 3.63) is 50.8 Å². The molecule has 2 aromatic heterocycles. The van der Waals surface area contributed by atoms with Crippen LogP contribution >= 0.6 is 11.3 Å². The Kier molecular flexibility index (Phi) is 3.88. The lowest BCUT2D eigenvalue weighted by molar-refractivity contribution is -0.121. The summed E-state index contributed by atoms with van der Waals surface area (Å²) in [7, 11) is 0. The van der Waals surface area contributed by atoms with Crippen molar-refractivity contribution >= 4 is 17.2 Å². The lowest BCUT2D eigenvalue weighted by Crippen LogP contribution is -2.32. The van der Waals surface area contributed by atoms with Gasteiger partial charge in [0.15, 0.2) is 0 Å². The van der Waals surface area contributed by atoms with Crippen LogP contribution in [0.5, 0.6) is 0 Å². The first-order chi connectivity index (χ1) is 8.66. The number of thiophene rings is 1. The third kappa shape index (κ3) is 3.04. The second-order valence-electron chi connectivity index (χ2n) is 3.87. The molecule has 94 valence electrons. The number of hydrogen-bond donors (Lipinski definition) is 1. The van der Waals surface area contributed by atoms with Crippen LogP contribution in [0.3, 0.4) is 0 Å². The Morgan fingerprint density at radius 2 is 2.39 bits per heavy atom. The van der Waals surface area contributed by atoms with Crippen molar-refractivity contribution in [2.75, 3.05) is 0 Å². The van der Waals surface area contributed by atoms with E-state index in [0.29, 0.717) is 12.1 Å². The highest BCUT2D eigenvalue weighted by atomic mass is 32.1. The van der Waals surface area contributed by atoms with Gasteiger partial charge in [-0.1, -0.05) is 6.07 Å². The molecule has 0 atom stereocenters. The molecule has 0 aliphatic heterocycles. The van der Waals surface area contributed by atoms with E-state index in [1.165, 1.54) is 17.1 Å². The van der Waals surface area contributed by atoms with Gasteiger partial charge in [0.25, 0.3) is 5.56 Å². The van der Waals surface area contributed by atoms with Crippen molar-refractivity contribution in [1.82, 2.24) is 14.9 Å². The monoisotopic (exact) mass is 263 g/mol. The Hall–Kier alpha value is -1.95. The molecule has 6 heteroatoms. The normalized spacial score (nSPS) is 10.3. The predicted octanol–water partition coefficient (Wildman–Crippen LogP) is 0.930. The number of aryl methyl sites for hydroxylation is 1. The second-order valence-corrected chi connectivity index (χ2v) is 4.90. The molecule has 5 nitrogen and oxygen atoms in total. The molecule has 0 aliphatic rings. The summed E-state index contributed by atoms with van der Waals surface area (Å²) in [6.45, 7) is 2.17. The molecule has 0 saturated heterocycles. The SMILES string of the molecule is Cc1cncn(CC(=O)NCc2cccs2)c1=O. The summed E-state index contributed by atoms with van der Waals surface area (Å²) >= 11 is 1.58. The Bertz CT molecular complexity index is 590. The van der Waals surface area contributed by atoms with Crippen molar-refractivity contribution in [3.63, 3.8) is 0 Å². The third-order valence-electron chi connectivity index (χ3n) is 2.43. The summed E-state index contributed by atoms with van der Waals surface area (Å²) in [6.07, 6.45) is 2.86. The molecule has 0 spiro atoms. The van der Waals surface area contributed by atoms with Crippen molar-refractivity contribution in [2.45, 2.75) is 20.0 Å². The highest BCUT2D eigenvalue weighted by Gasteiger charge is 2.06. The number of rotatable bonds is 4. The smallest absolute Gasteiger partial charge is 0.256 e. The van der Waals surface area contributed by atoms with Crippen LogP contribution in [0.25, 0.3) is 0 Å². The Morgan fingerprint density at radius 1 is 1.56 bits per heavy atom. The van der Waals surface area contributed by atoms with Gasteiger partial charge in [-0.25, -0.2) is 4.98 Å². The van der Waals surface area contributed by atoms with Crippen molar-refractivity contribution in [1.29, 1.82) is 0 Å². The zero-order chi connectivity index (χ0) is 13.0. The maximum Gasteiger partial charge on any atom is 0.256 e. The van der Waals surface area contributed by atoms with Gasteiger partial charge < -0.3 is 5.32 Å². The van der Waals surface area contributed by atoms with Crippen LogP contribution in [0, 0.1) is 6.92 Å². The lowest BCUT2D eigenvalue weighted by Gasteiger charge is -2.06. The summed E-state index contributed by atoms with van der Waals surface area (Å²) in [5.74, 6) is -0.196. The first kappa shape index (κ1) is 12.5. The second kappa shape index (κ2) is 5.59. The summed E-state index contributed by atoms with van der Waals surface area (Å²) in [5.41, 5.74) is 0.347. The number of carbonyl (C=O) groups excluding carboxylic acids is 1. The van der Waals surface area contributed by atoms with E-state index >= 15 is 0 Å². The van der Waals surface area contributed by atoms with Gasteiger partial charge in [-0.15, -0.1) is 11.3 Å². The topological polar surface area (TPSA) is 64.0 Å². The molecular weight excluding hydrogens is 250 g/mol. The highest BCUT2D eigenvalue weighted by molar-refractivity contribution is 7.09. The van der Waals surface area contributed by atoms with E-state index in [2.05, 4.69) is 10.3 Å². The molecule has 0 fully saturated rings. The number of nitrogens with one attached hydrogen (secondary N) is 1. The zero-order valence-electron chi connectivity index (χ0n) is 9.92. The fourth-order valence-corrected chi connectivity index (χ4v) is 2.13. The van der Waals surface area contributed by atoms with Gasteiger partial charge in [0, 0.05) is 16.6 Å². The average Bonchev–Trinajstić information content (AvgIpc) is 2.86. The van der Waals surface area contributed by atoms with Crippen molar-refractivity contribution in [3.8, 4) is 0 Å². The van der Waals surface area contributed by atoms with Crippen molar-refractivity contribution < 1.29 is 4.79 Å². The van der Waals surface area contributed by atoms with E-state index in [1.807, 2.05) is 17.5 Å². The van der Waals surface area contributed by atoms with Gasteiger partial charge in [0.05, 0.1) is 12.9 Å². The molecule has 2 heterocycles. The maximum atomic E-state index is 11.7. The van der Waals surface area contributed by atoms with Crippen LogP contribution in [0.2, 0.25) is 0 Å². The van der Waals surface area contributed by atoms with E-state index in [1.54, 1.807) is 18.3 Å². The van der Waals surface area contributed by atoms with E-state index in [4.69, 9.17) is 0 Å². The van der Waals surface area contributed by atoms with E-state index in [9.17, 15) is 9.59 Å². The minimum atomic E-state index is -0.196. The predicted molar refractivity (Wildman–Crippen MR) is 69.4 cm³/mol. The molecule has 0 unspecified atom stereocenters. The first-order valence-corrected chi connectivity index (χ1v) is 6.35. The van der Waals surface area contributed by atoms with Crippen LogP contribution in [0.15, 0.2) is 34.8 Å². The minimum Gasteiger partial charge on any atom is -0.350 e. The van der Waals surface area contributed by atoms with Crippen LogP contribution < -0.4 is 10.9 Å². The highest BCUT2D eigenvalue weighted by Crippen LogP contribution is 2.07. The van der Waals surface area contributed by atoms with E-state index < -0.39 is 0 Å². The molecule has 1 amide bonds. The lowest BCUT2D eigenvalue weighted by atomic mass is 10.4. The fraction of sp³-hybridized carbons (Fsp3) is 0.250. The van der Waals surface area contributed by atoms with Gasteiger partial charge in [-0.2, -0.15) is 0 Å². The zero-order valence-corrected chi connectivity index (χ0v) is 10.7. The minimum absolute atomic E-state index is 0.00110. The van der Waals surface area contributed by atoms with Gasteiger partial charge in [-0.05, 0) is 18.4 Å². The van der Waals surface area contributed by atoms with Crippen LogP contribution in [0.4, 0.5) is 0 Å². The Labute approximate surface area is 108 Å². The van der Waals surface area contributed by atoms with Gasteiger partial charge in [-0.3, -0.25) is 14.2 Å². The molecule has 2 aromatic rings. The van der Waals surface area contributed by atoms with E-state index in [-0.39, 0.29) is 18.0 Å². The first-order valence-electron chi connectivity index (χ1n) is 5.47. The molecule has 0 aliphatic carbocycles. The van der Waals surface area contributed by atoms with E-state index in [0.717, 1.165) is 4.88 Å². The molecule has 0 radical (unpaired) electrons. The summed E-state index contributed by atoms with van der Waals surface area (Å²) in [5, 5.41) is 4.72. The van der Waals surface area contributed by atoms with Crippen molar-refractivity contribution in [2.24, 2.45) is 0 Å². The summed E-state index contributed by atoms with van der Waals surface area (Å²) in [4.78, 5) is 28.3. The maximum absolute atomic E-state index is 11.7. The van der Waals surface area contributed by atoms with Crippen LogP contribution in [-0.4, -0.2) is 15.5 Å². The van der Waals surface area contributed by atoms with Gasteiger partial charge >= 0.3 is 0 Å². The molecule has 2 rings (SSSR count).